The Hall–Kier alpha value is -0.160. The van der Waals surface area contributed by atoms with E-state index in [1.165, 1.54) is 19.3 Å². The van der Waals surface area contributed by atoms with Crippen LogP contribution in [-0.4, -0.2) is 52.1 Å². The van der Waals surface area contributed by atoms with E-state index < -0.39 is 0 Å². The van der Waals surface area contributed by atoms with E-state index >= 15 is 0 Å². The lowest BCUT2D eigenvalue weighted by Crippen LogP contribution is -2.46. The fraction of sp³-hybridized carbons (Fsp3) is 1.00. The molecule has 0 radical (unpaired) electrons. The molecular formula is C13H26N2O2. The van der Waals surface area contributed by atoms with Crippen LogP contribution in [0.5, 0.6) is 0 Å². The molecule has 2 N–H and O–H groups in total. The van der Waals surface area contributed by atoms with Gasteiger partial charge in [-0.1, -0.05) is 6.92 Å². The molecule has 17 heavy (non-hydrogen) atoms. The number of morpholine rings is 1. The van der Waals surface area contributed by atoms with Gasteiger partial charge < -0.3 is 20.1 Å². The zero-order valence-electron chi connectivity index (χ0n) is 11.0. The van der Waals surface area contributed by atoms with Crippen LogP contribution in [0, 0.1) is 5.41 Å². The molecule has 0 saturated carbocycles. The van der Waals surface area contributed by atoms with Gasteiger partial charge in [0.2, 0.25) is 0 Å². The highest BCUT2D eigenvalue weighted by molar-refractivity contribution is 4.83. The standard InChI is InChI=1S/C13H26N2O2/c1-2-13(3-6-16-7-4-13)11-15-10-12-9-14-5-8-17-12/h12,14-15H,2-11H2,1H3. The molecule has 1 atom stereocenters. The summed E-state index contributed by atoms with van der Waals surface area (Å²) in [6.07, 6.45) is 3.98. The van der Waals surface area contributed by atoms with E-state index in [1.807, 2.05) is 0 Å². The van der Waals surface area contributed by atoms with Crippen molar-refractivity contribution in [3.8, 4) is 0 Å². The minimum Gasteiger partial charge on any atom is -0.381 e. The van der Waals surface area contributed by atoms with Crippen LogP contribution in [0.2, 0.25) is 0 Å². The van der Waals surface area contributed by atoms with Gasteiger partial charge in [-0.15, -0.1) is 0 Å². The molecule has 0 aromatic carbocycles. The molecule has 2 aliphatic rings. The van der Waals surface area contributed by atoms with Crippen molar-refractivity contribution in [1.82, 2.24) is 10.6 Å². The Labute approximate surface area is 104 Å². The van der Waals surface area contributed by atoms with E-state index in [1.54, 1.807) is 0 Å². The monoisotopic (exact) mass is 242 g/mol. The van der Waals surface area contributed by atoms with Crippen LogP contribution in [0.25, 0.3) is 0 Å². The third kappa shape index (κ3) is 3.91. The summed E-state index contributed by atoms with van der Waals surface area (Å²) in [5.74, 6) is 0. The summed E-state index contributed by atoms with van der Waals surface area (Å²) in [4.78, 5) is 0. The first-order valence-electron chi connectivity index (χ1n) is 6.95. The second kappa shape index (κ2) is 6.69. The van der Waals surface area contributed by atoms with Crippen molar-refractivity contribution in [2.24, 2.45) is 5.41 Å². The van der Waals surface area contributed by atoms with Crippen molar-refractivity contribution in [2.45, 2.75) is 32.3 Å². The molecule has 0 spiro atoms. The van der Waals surface area contributed by atoms with E-state index in [0.717, 1.165) is 46.0 Å². The molecule has 100 valence electrons. The Morgan fingerprint density at radius 3 is 2.76 bits per heavy atom. The smallest absolute Gasteiger partial charge is 0.0824 e. The highest BCUT2D eigenvalue weighted by atomic mass is 16.5. The first-order chi connectivity index (χ1) is 8.35. The quantitative estimate of drug-likeness (QED) is 0.747. The van der Waals surface area contributed by atoms with Crippen molar-refractivity contribution < 1.29 is 9.47 Å². The number of ether oxygens (including phenoxy) is 2. The molecule has 2 heterocycles. The van der Waals surface area contributed by atoms with E-state index in [9.17, 15) is 0 Å². The lowest BCUT2D eigenvalue weighted by atomic mass is 9.78. The highest BCUT2D eigenvalue weighted by Gasteiger charge is 2.30. The molecule has 2 fully saturated rings. The van der Waals surface area contributed by atoms with Crippen molar-refractivity contribution in [3.63, 3.8) is 0 Å². The van der Waals surface area contributed by atoms with E-state index in [-0.39, 0.29) is 0 Å². The second-order valence-corrected chi connectivity index (χ2v) is 5.29. The predicted molar refractivity (Wildman–Crippen MR) is 68.3 cm³/mol. The molecule has 4 nitrogen and oxygen atoms in total. The molecule has 2 rings (SSSR count). The maximum absolute atomic E-state index is 5.68. The van der Waals surface area contributed by atoms with Crippen molar-refractivity contribution in [3.05, 3.63) is 0 Å². The van der Waals surface area contributed by atoms with Gasteiger partial charge in [-0.25, -0.2) is 0 Å². The number of hydrogen-bond acceptors (Lipinski definition) is 4. The molecule has 2 saturated heterocycles. The molecule has 4 heteroatoms. The van der Waals surface area contributed by atoms with Crippen LogP contribution in [0.15, 0.2) is 0 Å². The topological polar surface area (TPSA) is 42.5 Å². The first-order valence-corrected chi connectivity index (χ1v) is 6.95. The minimum atomic E-state index is 0.345. The van der Waals surface area contributed by atoms with Gasteiger partial charge in [-0.05, 0) is 24.7 Å². The lowest BCUT2D eigenvalue weighted by Gasteiger charge is -2.37. The van der Waals surface area contributed by atoms with Crippen LogP contribution in [0.4, 0.5) is 0 Å². The Kier molecular flexibility index (Phi) is 5.22. The fourth-order valence-corrected chi connectivity index (χ4v) is 2.71. The average Bonchev–Trinajstić information content (AvgIpc) is 2.41. The summed E-state index contributed by atoms with van der Waals surface area (Å²) in [6.45, 7) is 9.04. The van der Waals surface area contributed by atoms with Crippen molar-refractivity contribution in [1.29, 1.82) is 0 Å². The van der Waals surface area contributed by atoms with Gasteiger partial charge in [0.15, 0.2) is 0 Å². The third-order valence-electron chi connectivity index (χ3n) is 4.18. The first kappa shape index (κ1) is 13.3. The van der Waals surface area contributed by atoms with E-state index in [4.69, 9.17) is 9.47 Å². The summed E-state index contributed by atoms with van der Waals surface area (Å²) in [6, 6.07) is 0. The highest BCUT2D eigenvalue weighted by Crippen LogP contribution is 2.33. The summed E-state index contributed by atoms with van der Waals surface area (Å²) in [7, 11) is 0. The van der Waals surface area contributed by atoms with Gasteiger partial charge in [-0.3, -0.25) is 0 Å². The number of rotatable bonds is 5. The normalized spacial score (nSPS) is 29.1. The van der Waals surface area contributed by atoms with Crippen molar-refractivity contribution in [2.75, 3.05) is 46.0 Å². The Morgan fingerprint density at radius 2 is 2.12 bits per heavy atom. The van der Waals surface area contributed by atoms with E-state index in [0.29, 0.717) is 11.5 Å². The Bertz CT molecular complexity index is 211. The van der Waals surface area contributed by atoms with Crippen LogP contribution < -0.4 is 10.6 Å². The maximum Gasteiger partial charge on any atom is 0.0824 e. The minimum absolute atomic E-state index is 0.345. The van der Waals surface area contributed by atoms with E-state index in [2.05, 4.69) is 17.6 Å². The molecule has 0 aliphatic carbocycles. The number of hydrogen-bond donors (Lipinski definition) is 2. The zero-order chi connectivity index (χ0) is 12.0. The molecule has 0 aromatic heterocycles. The summed E-state index contributed by atoms with van der Waals surface area (Å²) in [5, 5.41) is 6.96. The molecule has 0 bridgehead atoms. The lowest BCUT2D eigenvalue weighted by molar-refractivity contribution is 0.00429. The zero-order valence-corrected chi connectivity index (χ0v) is 11.0. The second-order valence-electron chi connectivity index (χ2n) is 5.29. The van der Waals surface area contributed by atoms with Crippen LogP contribution in [0.1, 0.15) is 26.2 Å². The largest absolute Gasteiger partial charge is 0.381 e. The van der Waals surface area contributed by atoms with Crippen LogP contribution in [0.3, 0.4) is 0 Å². The average molecular weight is 242 g/mol. The predicted octanol–water partition coefficient (Wildman–Crippen LogP) is 0.771. The van der Waals surface area contributed by atoms with Crippen LogP contribution >= 0.6 is 0 Å². The third-order valence-corrected chi connectivity index (χ3v) is 4.18. The Balaban J connectivity index is 1.68. The van der Waals surface area contributed by atoms with Gasteiger partial charge in [0.25, 0.3) is 0 Å². The summed E-state index contributed by atoms with van der Waals surface area (Å²) >= 11 is 0. The Morgan fingerprint density at radius 1 is 1.29 bits per heavy atom. The van der Waals surface area contributed by atoms with Gasteiger partial charge in [-0.2, -0.15) is 0 Å². The van der Waals surface area contributed by atoms with Gasteiger partial charge in [0.1, 0.15) is 0 Å². The SMILES string of the molecule is CCC1(CNCC2CNCCO2)CCOCC1. The van der Waals surface area contributed by atoms with Crippen LogP contribution in [-0.2, 0) is 9.47 Å². The van der Waals surface area contributed by atoms with Crippen molar-refractivity contribution >= 4 is 0 Å². The maximum atomic E-state index is 5.68. The molecule has 1 unspecified atom stereocenters. The summed E-state index contributed by atoms with van der Waals surface area (Å²) < 4.78 is 11.1. The summed E-state index contributed by atoms with van der Waals surface area (Å²) in [5.41, 5.74) is 0.459. The van der Waals surface area contributed by atoms with Gasteiger partial charge in [0.05, 0.1) is 12.7 Å². The van der Waals surface area contributed by atoms with Gasteiger partial charge in [0, 0.05) is 39.4 Å². The number of nitrogens with one attached hydrogen (secondary N) is 2. The van der Waals surface area contributed by atoms with Gasteiger partial charge >= 0.3 is 0 Å². The molecule has 2 aliphatic heterocycles. The molecule has 0 amide bonds. The fourth-order valence-electron chi connectivity index (χ4n) is 2.71. The molecule has 0 aromatic rings. The molecular weight excluding hydrogens is 216 g/mol.